The van der Waals surface area contributed by atoms with Crippen LogP contribution in [-0.2, 0) is 5.41 Å². The second-order valence-corrected chi connectivity index (χ2v) is 5.52. The fraction of sp³-hybridized carbons (Fsp3) is 0.600. The molecule has 2 nitrogen and oxygen atoms in total. The van der Waals surface area contributed by atoms with Crippen LogP contribution in [0.1, 0.15) is 49.1 Å². The third-order valence-corrected chi connectivity index (χ3v) is 4.59. The van der Waals surface area contributed by atoms with Gasteiger partial charge in [-0.2, -0.15) is 0 Å². The topological polar surface area (TPSA) is 35.2 Å². The molecule has 2 heteroatoms. The van der Waals surface area contributed by atoms with E-state index in [0.717, 1.165) is 18.7 Å². The molecule has 0 bridgehead atoms. The summed E-state index contributed by atoms with van der Waals surface area (Å²) in [6.07, 6.45) is 6.42. The zero-order chi connectivity index (χ0) is 11.9. The summed E-state index contributed by atoms with van der Waals surface area (Å²) in [5.41, 5.74) is 9.22. The molecule has 1 atom stereocenters. The van der Waals surface area contributed by atoms with Crippen LogP contribution in [0.3, 0.4) is 0 Å². The van der Waals surface area contributed by atoms with Crippen LogP contribution >= 0.6 is 0 Å². The van der Waals surface area contributed by atoms with E-state index < -0.39 is 0 Å². The number of hydrogen-bond acceptors (Lipinski definition) is 2. The molecule has 3 rings (SSSR count). The third kappa shape index (κ3) is 1.66. The van der Waals surface area contributed by atoms with Crippen molar-refractivity contribution in [3.05, 3.63) is 29.3 Å². The Morgan fingerprint density at radius 1 is 1.35 bits per heavy atom. The molecule has 2 N–H and O–H groups in total. The van der Waals surface area contributed by atoms with Crippen molar-refractivity contribution in [2.75, 3.05) is 13.7 Å². The van der Waals surface area contributed by atoms with Crippen LogP contribution in [-0.4, -0.2) is 13.7 Å². The highest BCUT2D eigenvalue weighted by Crippen LogP contribution is 2.60. The normalized spacial score (nSPS) is 24.5. The maximum Gasteiger partial charge on any atom is 0.122 e. The minimum absolute atomic E-state index is 0.465. The van der Waals surface area contributed by atoms with E-state index in [9.17, 15) is 0 Å². The Balaban J connectivity index is 2.08. The number of fused-ring (bicyclic) bond motifs is 2. The van der Waals surface area contributed by atoms with Gasteiger partial charge in [0, 0.05) is 5.56 Å². The standard InChI is InChI=1S/C15H21NO/c1-17-13-4-2-3-12-11(6-10-16)5-7-15(8-9-15)14(12)13/h2-4,11H,5-10,16H2,1H3. The fourth-order valence-corrected chi connectivity index (χ4v) is 3.51. The highest BCUT2D eigenvalue weighted by molar-refractivity contribution is 5.51. The first-order valence-corrected chi connectivity index (χ1v) is 6.68. The number of rotatable bonds is 3. The lowest BCUT2D eigenvalue weighted by molar-refractivity contribution is 0.383. The van der Waals surface area contributed by atoms with E-state index in [0.29, 0.717) is 11.3 Å². The van der Waals surface area contributed by atoms with Gasteiger partial charge in [-0.3, -0.25) is 0 Å². The van der Waals surface area contributed by atoms with Crippen LogP contribution in [0.5, 0.6) is 5.75 Å². The molecule has 92 valence electrons. The van der Waals surface area contributed by atoms with E-state index in [1.165, 1.54) is 36.8 Å². The van der Waals surface area contributed by atoms with E-state index in [-0.39, 0.29) is 0 Å². The molecule has 1 spiro atoms. The van der Waals surface area contributed by atoms with Crippen molar-refractivity contribution in [3.63, 3.8) is 0 Å². The molecule has 0 amide bonds. The van der Waals surface area contributed by atoms with Gasteiger partial charge in [-0.05, 0) is 61.6 Å². The summed E-state index contributed by atoms with van der Waals surface area (Å²) in [7, 11) is 1.79. The van der Waals surface area contributed by atoms with Crippen molar-refractivity contribution >= 4 is 0 Å². The summed E-state index contributed by atoms with van der Waals surface area (Å²) in [6.45, 7) is 0.786. The molecule has 0 radical (unpaired) electrons. The summed E-state index contributed by atoms with van der Waals surface area (Å²) in [5, 5.41) is 0. The highest BCUT2D eigenvalue weighted by atomic mass is 16.5. The van der Waals surface area contributed by atoms with Gasteiger partial charge in [-0.1, -0.05) is 12.1 Å². The average Bonchev–Trinajstić information content (AvgIpc) is 3.13. The van der Waals surface area contributed by atoms with Crippen LogP contribution in [0.25, 0.3) is 0 Å². The summed E-state index contributed by atoms with van der Waals surface area (Å²) < 4.78 is 5.58. The lowest BCUT2D eigenvalue weighted by Crippen LogP contribution is -2.22. The van der Waals surface area contributed by atoms with Crippen molar-refractivity contribution in [1.29, 1.82) is 0 Å². The molecule has 2 aliphatic carbocycles. The van der Waals surface area contributed by atoms with Crippen LogP contribution in [0, 0.1) is 0 Å². The van der Waals surface area contributed by atoms with Gasteiger partial charge in [0.15, 0.2) is 0 Å². The summed E-state index contributed by atoms with van der Waals surface area (Å²) in [5.74, 6) is 1.75. The Bertz CT molecular complexity index is 423. The van der Waals surface area contributed by atoms with E-state index in [1.807, 2.05) is 0 Å². The van der Waals surface area contributed by atoms with Crippen molar-refractivity contribution in [3.8, 4) is 5.75 Å². The Kier molecular flexibility index (Phi) is 2.62. The first-order valence-electron chi connectivity index (χ1n) is 6.68. The molecule has 1 fully saturated rings. The van der Waals surface area contributed by atoms with Crippen molar-refractivity contribution in [2.24, 2.45) is 5.73 Å². The number of nitrogens with two attached hydrogens (primary N) is 1. The first kappa shape index (κ1) is 11.1. The smallest absolute Gasteiger partial charge is 0.122 e. The molecule has 1 aromatic rings. The maximum atomic E-state index is 5.74. The molecule has 1 saturated carbocycles. The number of benzene rings is 1. The Morgan fingerprint density at radius 2 is 2.18 bits per heavy atom. The van der Waals surface area contributed by atoms with Gasteiger partial charge in [0.25, 0.3) is 0 Å². The summed E-state index contributed by atoms with van der Waals surface area (Å²) in [6, 6.07) is 6.53. The minimum Gasteiger partial charge on any atom is -0.496 e. The molecule has 1 unspecified atom stereocenters. The van der Waals surface area contributed by atoms with Gasteiger partial charge in [-0.15, -0.1) is 0 Å². The van der Waals surface area contributed by atoms with Crippen LogP contribution < -0.4 is 10.5 Å². The minimum atomic E-state index is 0.465. The predicted molar refractivity (Wildman–Crippen MR) is 69.6 cm³/mol. The van der Waals surface area contributed by atoms with Gasteiger partial charge in [0.05, 0.1) is 7.11 Å². The Labute approximate surface area is 103 Å². The number of hydrogen-bond donors (Lipinski definition) is 1. The maximum absolute atomic E-state index is 5.74. The summed E-state index contributed by atoms with van der Waals surface area (Å²) in [4.78, 5) is 0. The molecule has 0 aromatic heterocycles. The van der Waals surface area contributed by atoms with Gasteiger partial charge in [-0.25, -0.2) is 0 Å². The zero-order valence-corrected chi connectivity index (χ0v) is 10.5. The monoisotopic (exact) mass is 231 g/mol. The highest BCUT2D eigenvalue weighted by Gasteiger charge is 2.50. The first-order chi connectivity index (χ1) is 8.30. The second kappa shape index (κ2) is 4.02. The van der Waals surface area contributed by atoms with Crippen LogP contribution in [0.2, 0.25) is 0 Å². The van der Waals surface area contributed by atoms with Gasteiger partial charge >= 0.3 is 0 Å². The molecule has 17 heavy (non-hydrogen) atoms. The molecule has 0 saturated heterocycles. The summed E-state index contributed by atoms with van der Waals surface area (Å²) >= 11 is 0. The van der Waals surface area contributed by atoms with E-state index in [1.54, 1.807) is 7.11 Å². The van der Waals surface area contributed by atoms with Crippen molar-refractivity contribution in [2.45, 2.75) is 43.4 Å². The Hall–Kier alpha value is -1.02. The number of methoxy groups -OCH3 is 1. The third-order valence-electron chi connectivity index (χ3n) is 4.59. The number of ether oxygens (including phenoxy) is 1. The van der Waals surface area contributed by atoms with Gasteiger partial charge < -0.3 is 10.5 Å². The van der Waals surface area contributed by atoms with E-state index in [2.05, 4.69) is 18.2 Å². The van der Waals surface area contributed by atoms with Crippen molar-refractivity contribution in [1.82, 2.24) is 0 Å². The molecule has 2 aliphatic rings. The SMILES string of the molecule is COc1cccc2c1C1(CCC2CCN)CC1. The molecule has 1 aromatic carbocycles. The molecule has 0 heterocycles. The zero-order valence-electron chi connectivity index (χ0n) is 10.5. The predicted octanol–water partition coefficient (Wildman–Crippen LogP) is 2.95. The fourth-order valence-electron chi connectivity index (χ4n) is 3.51. The lowest BCUT2D eigenvalue weighted by Gasteiger charge is -2.33. The lowest BCUT2D eigenvalue weighted by atomic mass is 9.73. The van der Waals surface area contributed by atoms with Crippen molar-refractivity contribution < 1.29 is 4.74 Å². The van der Waals surface area contributed by atoms with Crippen LogP contribution in [0.4, 0.5) is 0 Å². The van der Waals surface area contributed by atoms with Crippen LogP contribution in [0.15, 0.2) is 18.2 Å². The van der Waals surface area contributed by atoms with Gasteiger partial charge in [0.1, 0.15) is 5.75 Å². The second-order valence-electron chi connectivity index (χ2n) is 5.52. The molecular formula is C15H21NO. The largest absolute Gasteiger partial charge is 0.496 e. The average molecular weight is 231 g/mol. The van der Waals surface area contributed by atoms with E-state index >= 15 is 0 Å². The van der Waals surface area contributed by atoms with E-state index in [4.69, 9.17) is 10.5 Å². The van der Waals surface area contributed by atoms with Gasteiger partial charge in [0.2, 0.25) is 0 Å². The molecule has 0 aliphatic heterocycles. The Morgan fingerprint density at radius 3 is 2.82 bits per heavy atom. The molecular weight excluding hydrogens is 210 g/mol. The quantitative estimate of drug-likeness (QED) is 0.868.